The molecule has 1 saturated heterocycles. The quantitative estimate of drug-likeness (QED) is 0.703. The summed E-state index contributed by atoms with van der Waals surface area (Å²) < 4.78 is 5.47. The van der Waals surface area contributed by atoms with Gasteiger partial charge in [-0.3, -0.25) is 14.7 Å². The minimum absolute atomic E-state index is 0.0450. The summed E-state index contributed by atoms with van der Waals surface area (Å²) in [6.45, 7) is 8.03. The first kappa shape index (κ1) is 19.9. The Balaban J connectivity index is 1.34. The number of H-pyrrole nitrogens is 1. The maximum atomic E-state index is 12.6. The molecule has 0 radical (unpaired) electrons. The van der Waals surface area contributed by atoms with Gasteiger partial charge in [-0.05, 0) is 48.7 Å². The molecule has 1 fully saturated rings. The zero-order valence-corrected chi connectivity index (χ0v) is 17.8. The predicted octanol–water partition coefficient (Wildman–Crippen LogP) is 2.54. The van der Waals surface area contributed by atoms with Crippen LogP contribution in [0.15, 0.2) is 47.4 Å². The number of nitrogens with one attached hydrogen (secondary N) is 1. The lowest BCUT2D eigenvalue weighted by atomic mass is 10.0. The van der Waals surface area contributed by atoms with Crippen molar-refractivity contribution in [3.8, 4) is 11.5 Å². The summed E-state index contributed by atoms with van der Waals surface area (Å²) in [5.41, 5.74) is 6.18. The topological polar surface area (TPSA) is 74.3 Å². The monoisotopic (exact) mass is 417 g/mol. The molecule has 7 heteroatoms. The summed E-state index contributed by atoms with van der Waals surface area (Å²) >= 11 is 0. The Bertz CT molecular complexity index is 1120. The average molecular weight is 418 g/mol. The number of rotatable bonds is 4. The lowest BCUT2D eigenvalue weighted by Gasteiger charge is -2.30. The number of benzene rings is 1. The van der Waals surface area contributed by atoms with Gasteiger partial charge in [0, 0.05) is 50.2 Å². The molecular weight excluding hydrogens is 390 g/mol. The minimum Gasteiger partial charge on any atom is -0.378 e. The second kappa shape index (κ2) is 8.61. The van der Waals surface area contributed by atoms with Crippen molar-refractivity contribution < 1.29 is 4.74 Å². The van der Waals surface area contributed by atoms with Crippen LogP contribution in [0, 0.1) is 6.92 Å². The third kappa shape index (κ3) is 4.24. The standard InChI is InChI=1S/C24H27N5O2/c1-17-14-19(29-10-12-31-13-11-29)6-5-18(17)15-28-9-7-20-22(16-28)26-23(27-24(20)30)21-4-2-3-8-25-21/h2-6,8,14H,7,9-13,15-16H2,1H3,(H,26,27,30). The summed E-state index contributed by atoms with van der Waals surface area (Å²) in [4.78, 5) is 29.3. The van der Waals surface area contributed by atoms with Crippen LogP contribution in [-0.2, 0) is 24.2 Å². The van der Waals surface area contributed by atoms with Crippen molar-refractivity contribution >= 4 is 5.69 Å². The molecule has 1 N–H and O–H groups in total. The van der Waals surface area contributed by atoms with Crippen LogP contribution in [-0.4, -0.2) is 52.7 Å². The normalized spacial score (nSPS) is 16.9. The molecule has 0 atom stereocenters. The van der Waals surface area contributed by atoms with Gasteiger partial charge in [-0.25, -0.2) is 4.98 Å². The van der Waals surface area contributed by atoms with Crippen molar-refractivity contribution in [2.45, 2.75) is 26.4 Å². The molecule has 160 valence electrons. The summed E-state index contributed by atoms with van der Waals surface area (Å²) in [6.07, 6.45) is 2.43. The summed E-state index contributed by atoms with van der Waals surface area (Å²) in [6, 6.07) is 12.4. The average Bonchev–Trinajstić information content (AvgIpc) is 2.81. The zero-order valence-electron chi connectivity index (χ0n) is 17.8. The molecule has 3 aromatic rings. The van der Waals surface area contributed by atoms with E-state index in [1.54, 1.807) is 6.20 Å². The number of hydrogen-bond donors (Lipinski definition) is 1. The molecule has 0 amide bonds. The van der Waals surface area contributed by atoms with Crippen LogP contribution in [0.25, 0.3) is 11.5 Å². The first-order valence-electron chi connectivity index (χ1n) is 10.9. The first-order chi connectivity index (χ1) is 15.2. The molecule has 1 aromatic carbocycles. The smallest absolute Gasteiger partial charge is 0.254 e. The molecule has 0 spiro atoms. The lowest BCUT2D eigenvalue weighted by molar-refractivity contribution is 0.122. The Morgan fingerprint density at radius 1 is 1.13 bits per heavy atom. The zero-order chi connectivity index (χ0) is 21.2. The third-order valence-corrected chi connectivity index (χ3v) is 6.16. The van der Waals surface area contributed by atoms with Crippen LogP contribution in [0.3, 0.4) is 0 Å². The predicted molar refractivity (Wildman–Crippen MR) is 120 cm³/mol. The highest BCUT2D eigenvalue weighted by molar-refractivity contribution is 5.51. The molecule has 2 aromatic heterocycles. The van der Waals surface area contributed by atoms with E-state index in [1.165, 1.54) is 16.8 Å². The van der Waals surface area contributed by atoms with Crippen molar-refractivity contribution in [3.63, 3.8) is 0 Å². The van der Waals surface area contributed by atoms with Gasteiger partial charge in [0.25, 0.3) is 5.56 Å². The second-order valence-electron chi connectivity index (χ2n) is 8.23. The van der Waals surface area contributed by atoms with Gasteiger partial charge in [-0.1, -0.05) is 12.1 Å². The number of aryl methyl sites for hydroxylation is 1. The third-order valence-electron chi connectivity index (χ3n) is 6.16. The van der Waals surface area contributed by atoms with Gasteiger partial charge in [0.15, 0.2) is 5.82 Å². The van der Waals surface area contributed by atoms with Gasteiger partial charge in [0.1, 0.15) is 5.69 Å². The number of aromatic amines is 1. The van der Waals surface area contributed by atoms with Crippen molar-refractivity contribution in [3.05, 3.63) is 75.3 Å². The Labute approximate surface area is 181 Å². The minimum atomic E-state index is -0.0450. The van der Waals surface area contributed by atoms with Gasteiger partial charge in [-0.2, -0.15) is 0 Å². The molecule has 0 saturated carbocycles. The number of aromatic nitrogens is 3. The molecule has 0 unspecified atom stereocenters. The number of fused-ring (bicyclic) bond motifs is 1. The molecule has 0 bridgehead atoms. The Hall–Kier alpha value is -3.03. The number of pyridine rings is 1. The number of anilines is 1. The molecule has 2 aliphatic rings. The summed E-state index contributed by atoms with van der Waals surface area (Å²) in [7, 11) is 0. The molecule has 4 heterocycles. The van der Waals surface area contributed by atoms with E-state index >= 15 is 0 Å². The van der Waals surface area contributed by atoms with E-state index in [2.05, 4.69) is 44.9 Å². The van der Waals surface area contributed by atoms with Gasteiger partial charge < -0.3 is 14.6 Å². The highest BCUT2D eigenvalue weighted by atomic mass is 16.5. The second-order valence-corrected chi connectivity index (χ2v) is 8.23. The van der Waals surface area contributed by atoms with Crippen LogP contribution in [0.1, 0.15) is 22.4 Å². The van der Waals surface area contributed by atoms with Gasteiger partial charge in [-0.15, -0.1) is 0 Å². The van der Waals surface area contributed by atoms with E-state index in [4.69, 9.17) is 9.72 Å². The molecule has 0 aliphatic carbocycles. The van der Waals surface area contributed by atoms with Crippen LogP contribution >= 0.6 is 0 Å². The fraction of sp³-hybridized carbons (Fsp3) is 0.375. The molecule has 5 rings (SSSR count). The maximum Gasteiger partial charge on any atom is 0.254 e. The first-order valence-corrected chi connectivity index (χ1v) is 10.9. The van der Waals surface area contributed by atoms with Gasteiger partial charge in [0.05, 0.1) is 18.9 Å². The van der Waals surface area contributed by atoms with E-state index in [9.17, 15) is 4.79 Å². The Morgan fingerprint density at radius 3 is 2.77 bits per heavy atom. The van der Waals surface area contributed by atoms with Gasteiger partial charge >= 0.3 is 0 Å². The van der Waals surface area contributed by atoms with Crippen molar-refractivity contribution in [1.82, 2.24) is 19.9 Å². The molecule has 2 aliphatic heterocycles. The van der Waals surface area contributed by atoms with E-state index in [0.29, 0.717) is 24.5 Å². The number of nitrogens with zero attached hydrogens (tertiary/aromatic N) is 4. The van der Waals surface area contributed by atoms with E-state index < -0.39 is 0 Å². The highest BCUT2D eigenvalue weighted by Crippen LogP contribution is 2.24. The molecule has 31 heavy (non-hydrogen) atoms. The van der Waals surface area contributed by atoms with E-state index in [0.717, 1.165) is 50.7 Å². The number of ether oxygens (including phenoxy) is 1. The Kier molecular flexibility index (Phi) is 5.53. The maximum absolute atomic E-state index is 12.6. The molecule has 7 nitrogen and oxygen atoms in total. The molecular formula is C24H27N5O2. The number of morpholine rings is 1. The Morgan fingerprint density at radius 2 is 2.00 bits per heavy atom. The van der Waals surface area contributed by atoms with Crippen molar-refractivity contribution in [2.75, 3.05) is 37.7 Å². The van der Waals surface area contributed by atoms with Crippen molar-refractivity contribution in [1.29, 1.82) is 0 Å². The fourth-order valence-electron chi connectivity index (χ4n) is 4.37. The van der Waals surface area contributed by atoms with Crippen LogP contribution in [0.5, 0.6) is 0 Å². The van der Waals surface area contributed by atoms with Crippen LogP contribution in [0.2, 0.25) is 0 Å². The number of hydrogen-bond acceptors (Lipinski definition) is 6. The fourth-order valence-corrected chi connectivity index (χ4v) is 4.37. The van der Waals surface area contributed by atoms with E-state index in [-0.39, 0.29) is 5.56 Å². The summed E-state index contributed by atoms with van der Waals surface area (Å²) in [5, 5.41) is 0. The van der Waals surface area contributed by atoms with Crippen LogP contribution < -0.4 is 10.5 Å². The van der Waals surface area contributed by atoms with Crippen LogP contribution in [0.4, 0.5) is 5.69 Å². The lowest BCUT2D eigenvalue weighted by Crippen LogP contribution is -2.36. The van der Waals surface area contributed by atoms with Crippen molar-refractivity contribution in [2.24, 2.45) is 0 Å². The SMILES string of the molecule is Cc1cc(N2CCOCC2)ccc1CN1CCc2c(nc(-c3ccccn3)[nH]c2=O)C1. The largest absolute Gasteiger partial charge is 0.378 e. The summed E-state index contributed by atoms with van der Waals surface area (Å²) in [5.74, 6) is 0.539. The van der Waals surface area contributed by atoms with Gasteiger partial charge in [0.2, 0.25) is 0 Å². The highest BCUT2D eigenvalue weighted by Gasteiger charge is 2.22. The van der Waals surface area contributed by atoms with E-state index in [1.807, 2.05) is 18.2 Å².